The first kappa shape index (κ1) is 11.9. The van der Waals surface area contributed by atoms with Crippen LogP contribution in [0.2, 0.25) is 0 Å². The molecule has 0 saturated heterocycles. The summed E-state index contributed by atoms with van der Waals surface area (Å²) in [5, 5.41) is 11.1. The summed E-state index contributed by atoms with van der Waals surface area (Å²) in [6.45, 7) is 0. The lowest BCUT2D eigenvalue weighted by Gasteiger charge is -2.22. The van der Waals surface area contributed by atoms with Crippen LogP contribution in [-0.4, -0.2) is 9.97 Å². The Morgan fingerprint density at radius 1 is 1.21 bits per heavy atom. The van der Waals surface area contributed by atoms with E-state index in [4.69, 9.17) is 11.0 Å². The predicted molar refractivity (Wildman–Crippen MR) is 74.5 cm³/mol. The van der Waals surface area contributed by atoms with E-state index in [-0.39, 0.29) is 0 Å². The summed E-state index contributed by atoms with van der Waals surface area (Å²) >= 11 is 0. The average Bonchev–Trinajstić information content (AvgIpc) is 2.47. The number of nitrogens with zero attached hydrogens (tertiary/aromatic N) is 3. The van der Waals surface area contributed by atoms with E-state index in [2.05, 4.69) is 16.0 Å². The van der Waals surface area contributed by atoms with Crippen LogP contribution >= 0.6 is 0 Å². The zero-order valence-electron chi connectivity index (χ0n) is 10.8. The first-order chi connectivity index (χ1) is 9.28. The Hall–Kier alpha value is -2.15. The lowest BCUT2D eigenvalue weighted by atomic mass is 9.85. The van der Waals surface area contributed by atoms with Crippen molar-refractivity contribution in [2.75, 3.05) is 5.73 Å². The Labute approximate surface area is 112 Å². The molecule has 1 saturated carbocycles. The fourth-order valence-electron chi connectivity index (χ4n) is 2.93. The maximum atomic E-state index is 9.12. The summed E-state index contributed by atoms with van der Waals surface area (Å²) in [5.41, 5.74) is 7.29. The zero-order valence-corrected chi connectivity index (χ0v) is 10.8. The van der Waals surface area contributed by atoms with Crippen LogP contribution in [0.3, 0.4) is 0 Å². The molecule has 0 aromatic carbocycles. The second-order valence-electron chi connectivity index (χ2n) is 5.17. The number of nitrogen functional groups attached to an aromatic ring is 1. The number of fused-ring (bicyclic) bond motifs is 1. The molecule has 2 aromatic rings. The van der Waals surface area contributed by atoms with Gasteiger partial charge in [-0.2, -0.15) is 5.26 Å². The Morgan fingerprint density at radius 3 is 2.74 bits per heavy atom. The molecule has 0 amide bonds. The summed E-state index contributed by atoms with van der Waals surface area (Å²) in [5.74, 6) is 0.961. The topological polar surface area (TPSA) is 75.6 Å². The molecule has 2 N–H and O–H groups in total. The van der Waals surface area contributed by atoms with Crippen molar-refractivity contribution >= 4 is 16.6 Å². The molecule has 96 valence electrons. The summed E-state index contributed by atoms with van der Waals surface area (Å²) in [7, 11) is 0. The van der Waals surface area contributed by atoms with Gasteiger partial charge in [-0.3, -0.25) is 0 Å². The Kier molecular flexibility index (Phi) is 3.04. The van der Waals surface area contributed by atoms with E-state index in [1.807, 2.05) is 6.07 Å². The highest BCUT2D eigenvalue weighted by Gasteiger charge is 2.20. The molecule has 0 aliphatic heterocycles. The molecule has 0 bridgehead atoms. The monoisotopic (exact) mass is 252 g/mol. The number of nitrogens with two attached hydrogens (primary N) is 1. The third-order valence-electron chi connectivity index (χ3n) is 3.87. The highest BCUT2D eigenvalue weighted by atomic mass is 14.8. The molecule has 0 spiro atoms. The Balaban J connectivity index is 2.19. The van der Waals surface area contributed by atoms with E-state index in [0.29, 0.717) is 17.4 Å². The standard InChI is InChI=1S/C15H16N4/c16-8-12-6-11-9-18-14(17)7-13(11)15(19-12)10-4-2-1-3-5-10/h6-7,9-10H,1-5H2,(H2,17,18). The smallest absolute Gasteiger partial charge is 0.141 e. The molecular formula is C15H16N4. The maximum Gasteiger partial charge on any atom is 0.141 e. The van der Waals surface area contributed by atoms with Gasteiger partial charge < -0.3 is 5.73 Å². The van der Waals surface area contributed by atoms with E-state index in [0.717, 1.165) is 29.3 Å². The lowest BCUT2D eigenvalue weighted by Crippen LogP contribution is -2.08. The number of rotatable bonds is 1. The molecule has 19 heavy (non-hydrogen) atoms. The lowest BCUT2D eigenvalue weighted by molar-refractivity contribution is 0.439. The molecule has 3 rings (SSSR count). The van der Waals surface area contributed by atoms with Crippen molar-refractivity contribution in [2.45, 2.75) is 38.0 Å². The average molecular weight is 252 g/mol. The van der Waals surface area contributed by atoms with Crippen molar-refractivity contribution in [3.05, 3.63) is 29.7 Å². The van der Waals surface area contributed by atoms with Gasteiger partial charge in [0.25, 0.3) is 0 Å². The molecule has 2 aromatic heterocycles. The second kappa shape index (κ2) is 4.85. The number of hydrogen-bond donors (Lipinski definition) is 1. The van der Waals surface area contributed by atoms with Gasteiger partial charge in [0.1, 0.15) is 17.6 Å². The predicted octanol–water partition coefficient (Wildman–Crippen LogP) is 3.13. The summed E-state index contributed by atoms with van der Waals surface area (Å²) in [6.07, 6.45) is 7.82. The SMILES string of the molecule is N#Cc1cc2cnc(N)cc2c(C2CCCCC2)n1. The van der Waals surface area contributed by atoms with Crippen LogP contribution in [0.25, 0.3) is 10.8 Å². The minimum absolute atomic E-state index is 0.450. The van der Waals surface area contributed by atoms with Crippen LogP contribution in [-0.2, 0) is 0 Å². The molecule has 4 heteroatoms. The van der Waals surface area contributed by atoms with Crippen LogP contribution in [0.15, 0.2) is 18.3 Å². The molecule has 1 fully saturated rings. The number of hydrogen-bond acceptors (Lipinski definition) is 4. The number of anilines is 1. The summed E-state index contributed by atoms with van der Waals surface area (Å²) in [6, 6.07) is 5.81. The molecule has 4 nitrogen and oxygen atoms in total. The highest BCUT2D eigenvalue weighted by molar-refractivity contribution is 5.87. The van der Waals surface area contributed by atoms with E-state index < -0.39 is 0 Å². The first-order valence-electron chi connectivity index (χ1n) is 6.74. The Bertz CT molecular complexity index is 651. The van der Waals surface area contributed by atoms with Gasteiger partial charge in [-0.15, -0.1) is 0 Å². The van der Waals surface area contributed by atoms with Crippen molar-refractivity contribution in [3.8, 4) is 6.07 Å². The van der Waals surface area contributed by atoms with E-state index >= 15 is 0 Å². The first-order valence-corrected chi connectivity index (χ1v) is 6.74. The zero-order chi connectivity index (χ0) is 13.2. The van der Waals surface area contributed by atoms with Crippen LogP contribution in [0.5, 0.6) is 0 Å². The fraction of sp³-hybridized carbons (Fsp3) is 0.400. The molecule has 0 unspecified atom stereocenters. The van der Waals surface area contributed by atoms with Gasteiger partial charge in [-0.25, -0.2) is 9.97 Å². The van der Waals surface area contributed by atoms with Gasteiger partial charge in [-0.05, 0) is 25.0 Å². The maximum absolute atomic E-state index is 9.12. The third-order valence-corrected chi connectivity index (χ3v) is 3.87. The van der Waals surface area contributed by atoms with Gasteiger partial charge in [0.05, 0.1) is 5.69 Å². The van der Waals surface area contributed by atoms with Gasteiger partial charge in [0.2, 0.25) is 0 Å². The van der Waals surface area contributed by atoms with Crippen molar-refractivity contribution in [3.63, 3.8) is 0 Å². The molecule has 2 heterocycles. The largest absolute Gasteiger partial charge is 0.384 e. The van der Waals surface area contributed by atoms with Gasteiger partial charge in [-0.1, -0.05) is 19.3 Å². The molecular weight excluding hydrogens is 236 g/mol. The quantitative estimate of drug-likeness (QED) is 0.846. The molecule has 1 aliphatic carbocycles. The van der Waals surface area contributed by atoms with Crippen LogP contribution in [0, 0.1) is 11.3 Å². The third kappa shape index (κ3) is 2.24. The van der Waals surface area contributed by atoms with Gasteiger partial charge >= 0.3 is 0 Å². The van der Waals surface area contributed by atoms with Crippen LogP contribution < -0.4 is 5.73 Å². The molecule has 0 atom stereocenters. The minimum atomic E-state index is 0.450. The molecule has 0 radical (unpaired) electrons. The van der Waals surface area contributed by atoms with Crippen LogP contribution in [0.4, 0.5) is 5.82 Å². The second-order valence-corrected chi connectivity index (χ2v) is 5.17. The normalized spacial score (nSPS) is 16.4. The highest BCUT2D eigenvalue weighted by Crippen LogP contribution is 2.35. The minimum Gasteiger partial charge on any atom is -0.384 e. The molecule has 1 aliphatic rings. The summed E-state index contributed by atoms with van der Waals surface area (Å²) < 4.78 is 0. The number of pyridine rings is 2. The van der Waals surface area contributed by atoms with Crippen molar-refractivity contribution in [1.82, 2.24) is 9.97 Å². The van der Waals surface area contributed by atoms with E-state index in [1.165, 1.54) is 19.3 Å². The van der Waals surface area contributed by atoms with Crippen LogP contribution in [0.1, 0.15) is 49.4 Å². The number of nitriles is 1. The van der Waals surface area contributed by atoms with Crippen molar-refractivity contribution in [2.24, 2.45) is 0 Å². The van der Waals surface area contributed by atoms with E-state index in [1.54, 1.807) is 12.3 Å². The van der Waals surface area contributed by atoms with Gasteiger partial charge in [0, 0.05) is 22.9 Å². The summed E-state index contributed by atoms with van der Waals surface area (Å²) in [4.78, 5) is 8.65. The Morgan fingerprint density at radius 2 is 2.00 bits per heavy atom. The fourth-order valence-corrected chi connectivity index (χ4v) is 2.93. The van der Waals surface area contributed by atoms with Crippen molar-refractivity contribution in [1.29, 1.82) is 5.26 Å². The van der Waals surface area contributed by atoms with Crippen molar-refractivity contribution < 1.29 is 0 Å². The van der Waals surface area contributed by atoms with E-state index in [9.17, 15) is 0 Å². The number of aromatic nitrogens is 2. The van der Waals surface area contributed by atoms with Gasteiger partial charge in [0.15, 0.2) is 0 Å².